The quantitative estimate of drug-likeness (QED) is 0.322. The number of carbonyl (C=O) groups excluding carboxylic acids is 2. The van der Waals surface area contributed by atoms with Crippen LogP contribution in [0.2, 0.25) is 5.02 Å². The lowest BCUT2D eigenvalue weighted by molar-refractivity contribution is -0.137. The number of hydrogen-bond acceptors (Lipinski definition) is 4. The maximum atomic E-state index is 15.4. The molecule has 4 N–H and O–H groups in total. The number of benzene rings is 3. The number of H-pyrrole nitrogens is 1. The maximum Gasteiger partial charge on any atom is 0.416 e. The zero-order valence-electron chi connectivity index (χ0n) is 18.1. The first-order valence-electron chi connectivity index (χ1n) is 10.3. The minimum absolute atomic E-state index is 0.0240. The van der Waals surface area contributed by atoms with Crippen LogP contribution in [0.4, 0.5) is 22.0 Å². The number of aromatic amines is 1. The van der Waals surface area contributed by atoms with Crippen LogP contribution >= 0.6 is 11.6 Å². The fourth-order valence-electron chi connectivity index (χ4n) is 4.48. The zero-order valence-corrected chi connectivity index (χ0v) is 18.9. The summed E-state index contributed by atoms with van der Waals surface area (Å²) in [7, 11) is 0. The Balaban J connectivity index is 1.94. The Labute approximate surface area is 208 Å². The Bertz CT molecular complexity index is 1710. The van der Waals surface area contributed by atoms with Gasteiger partial charge in [0.15, 0.2) is 5.69 Å². The molecule has 1 aliphatic heterocycles. The predicted molar refractivity (Wildman–Crippen MR) is 120 cm³/mol. The second-order valence-electron chi connectivity index (χ2n) is 8.13. The number of hydrogen-bond donors (Lipinski definition) is 3. The Morgan fingerprint density at radius 2 is 1.86 bits per heavy atom. The van der Waals surface area contributed by atoms with E-state index in [9.17, 15) is 32.4 Å². The molecule has 2 amide bonds. The highest BCUT2D eigenvalue weighted by Crippen LogP contribution is 2.46. The van der Waals surface area contributed by atoms with Crippen molar-refractivity contribution in [2.75, 3.05) is 0 Å². The zero-order chi connectivity index (χ0) is 26.8. The summed E-state index contributed by atoms with van der Waals surface area (Å²) in [4.78, 5) is 25.4. The second-order valence-corrected chi connectivity index (χ2v) is 8.54. The third-order valence-electron chi connectivity index (χ3n) is 6.02. The topological polar surface area (TPSA) is 125 Å². The summed E-state index contributed by atoms with van der Waals surface area (Å²) in [6.07, 6.45) is -5.00. The van der Waals surface area contributed by atoms with Crippen LogP contribution in [0.1, 0.15) is 49.1 Å². The maximum absolute atomic E-state index is 15.4. The lowest BCUT2D eigenvalue weighted by atomic mass is 9.85. The molecule has 13 heteroatoms. The number of aromatic nitrogens is 2. The van der Waals surface area contributed by atoms with Gasteiger partial charge in [0.05, 0.1) is 28.2 Å². The summed E-state index contributed by atoms with van der Waals surface area (Å²) in [5, 5.41) is 18.5. The molecule has 7 nitrogen and oxygen atoms in total. The van der Waals surface area contributed by atoms with Gasteiger partial charge >= 0.3 is 6.18 Å². The van der Waals surface area contributed by atoms with E-state index >= 15 is 4.39 Å². The van der Waals surface area contributed by atoms with Crippen molar-refractivity contribution in [1.29, 1.82) is 5.26 Å². The van der Waals surface area contributed by atoms with Crippen LogP contribution in [-0.2, 0) is 6.18 Å². The number of nitriles is 1. The van der Waals surface area contributed by atoms with Gasteiger partial charge in [0, 0.05) is 27.1 Å². The molecule has 1 aromatic heterocycles. The first-order chi connectivity index (χ1) is 17.4. The number of rotatable bonds is 3. The van der Waals surface area contributed by atoms with Gasteiger partial charge in [0.25, 0.3) is 5.91 Å². The smallest absolute Gasteiger partial charge is 0.366 e. The van der Waals surface area contributed by atoms with Gasteiger partial charge in [-0.05, 0) is 42.0 Å². The van der Waals surface area contributed by atoms with E-state index in [0.717, 1.165) is 12.1 Å². The van der Waals surface area contributed by atoms with Gasteiger partial charge in [0.1, 0.15) is 17.7 Å². The lowest BCUT2D eigenvalue weighted by Crippen LogP contribution is -2.21. The van der Waals surface area contributed by atoms with Crippen LogP contribution in [0.25, 0.3) is 22.0 Å². The van der Waals surface area contributed by atoms with Crippen molar-refractivity contribution >= 4 is 34.3 Å². The van der Waals surface area contributed by atoms with Crippen molar-refractivity contribution in [1.82, 2.24) is 15.5 Å². The molecular formula is C24H11ClF5N5O2. The van der Waals surface area contributed by atoms with Crippen molar-refractivity contribution < 1.29 is 31.5 Å². The number of nitrogens with two attached hydrogens (primary N) is 1. The van der Waals surface area contributed by atoms with Crippen LogP contribution in [0, 0.1) is 23.0 Å². The van der Waals surface area contributed by atoms with E-state index in [-0.39, 0.29) is 49.9 Å². The van der Waals surface area contributed by atoms with Gasteiger partial charge in [-0.2, -0.15) is 23.5 Å². The molecule has 0 spiro atoms. The third-order valence-corrected chi connectivity index (χ3v) is 6.36. The van der Waals surface area contributed by atoms with Gasteiger partial charge in [0.2, 0.25) is 5.91 Å². The average Bonchev–Trinajstić information content (AvgIpc) is 3.39. The highest BCUT2D eigenvalue weighted by Gasteiger charge is 2.39. The molecule has 0 fully saturated rings. The minimum atomic E-state index is -5.00. The van der Waals surface area contributed by atoms with E-state index in [1.807, 2.05) is 0 Å². The number of nitrogens with zero attached hydrogens (tertiary/aromatic N) is 2. The fourth-order valence-corrected chi connectivity index (χ4v) is 4.71. The number of primary amides is 1. The Morgan fingerprint density at radius 3 is 2.51 bits per heavy atom. The van der Waals surface area contributed by atoms with Crippen LogP contribution in [-0.4, -0.2) is 22.0 Å². The van der Waals surface area contributed by atoms with Crippen LogP contribution in [0.3, 0.4) is 0 Å². The fraction of sp³-hybridized carbons (Fsp3) is 0.0833. The normalized spacial score (nSPS) is 14.9. The van der Waals surface area contributed by atoms with E-state index in [1.54, 1.807) is 6.07 Å². The molecule has 5 rings (SSSR count). The minimum Gasteiger partial charge on any atom is -0.366 e. The van der Waals surface area contributed by atoms with Crippen molar-refractivity contribution in [2.45, 2.75) is 12.2 Å². The summed E-state index contributed by atoms with van der Waals surface area (Å²) in [6, 6.07) is 5.71. The molecule has 1 unspecified atom stereocenters. The Morgan fingerprint density at radius 1 is 1.14 bits per heavy atom. The third kappa shape index (κ3) is 3.75. The molecular weight excluding hydrogens is 521 g/mol. The van der Waals surface area contributed by atoms with E-state index in [2.05, 4.69) is 15.5 Å². The number of fused-ring (bicyclic) bond motifs is 3. The molecule has 0 saturated heterocycles. The standard InChI is InChI=1S/C24H11ClF5N5O2/c25-14-2-1-9(26)5-10(14)20-18-12(6-11-16(7-31)34-35-21(11)19(18)23(37)33-20)17-13(22(32)36)3-8(4-15(17)27)24(28,29)30/h1-6,20H,(H2,32,36)(H,33,37)(H,34,35). The van der Waals surface area contributed by atoms with Gasteiger partial charge in [-0.1, -0.05) is 11.6 Å². The molecule has 2 heterocycles. The Kier molecular flexibility index (Phi) is 5.41. The molecule has 37 heavy (non-hydrogen) atoms. The molecule has 1 atom stereocenters. The van der Waals surface area contributed by atoms with Crippen molar-refractivity contribution in [3.05, 3.63) is 86.6 Å². The van der Waals surface area contributed by atoms with E-state index in [0.29, 0.717) is 6.07 Å². The summed E-state index contributed by atoms with van der Waals surface area (Å²) in [5.74, 6) is -4.29. The molecule has 0 bridgehead atoms. The lowest BCUT2D eigenvalue weighted by Gasteiger charge is -2.20. The molecule has 1 aliphatic rings. The molecule has 0 radical (unpaired) electrons. The number of halogens is 6. The largest absolute Gasteiger partial charge is 0.416 e. The number of carbonyl (C=O) groups is 2. The first-order valence-corrected chi connectivity index (χ1v) is 10.7. The van der Waals surface area contributed by atoms with E-state index < -0.39 is 52.4 Å². The molecule has 3 aromatic carbocycles. The van der Waals surface area contributed by atoms with Gasteiger partial charge in [-0.15, -0.1) is 0 Å². The Hall–Kier alpha value is -4.50. The highest BCUT2D eigenvalue weighted by atomic mass is 35.5. The predicted octanol–water partition coefficient (Wildman–Crippen LogP) is 4.98. The highest BCUT2D eigenvalue weighted by molar-refractivity contribution is 6.31. The molecule has 0 aliphatic carbocycles. The van der Waals surface area contributed by atoms with Gasteiger partial charge < -0.3 is 11.1 Å². The summed E-state index contributed by atoms with van der Waals surface area (Å²) < 4.78 is 69.7. The second kappa shape index (κ2) is 8.28. The number of nitrogens with one attached hydrogen (secondary N) is 2. The number of amides is 2. The molecule has 186 valence electrons. The van der Waals surface area contributed by atoms with E-state index in [1.165, 1.54) is 12.1 Å². The van der Waals surface area contributed by atoms with Crippen molar-refractivity contribution in [2.24, 2.45) is 5.73 Å². The number of alkyl halides is 3. The van der Waals surface area contributed by atoms with E-state index in [4.69, 9.17) is 17.3 Å². The van der Waals surface area contributed by atoms with Crippen molar-refractivity contribution in [3.63, 3.8) is 0 Å². The molecule has 0 saturated carbocycles. The van der Waals surface area contributed by atoms with Gasteiger partial charge in [-0.3, -0.25) is 14.7 Å². The van der Waals surface area contributed by atoms with Crippen LogP contribution in [0.5, 0.6) is 0 Å². The first kappa shape index (κ1) is 24.2. The summed E-state index contributed by atoms with van der Waals surface area (Å²) in [5.41, 5.74) is 1.95. The van der Waals surface area contributed by atoms with Crippen molar-refractivity contribution in [3.8, 4) is 17.2 Å². The van der Waals surface area contributed by atoms with Crippen LogP contribution in [0.15, 0.2) is 36.4 Å². The average molecular weight is 532 g/mol. The summed E-state index contributed by atoms with van der Waals surface area (Å²) >= 11 is 6.26. The summed E-state index contributed by atoms with van der Waals surface area (Å²) in [6.45, 7) is 0. The van der Waals surface area contributed by atoms with Gasteiger partial charge in [-0.25, -0.2) is 8.78 Å². The monoisotopic (exact) mass is 531 g/mol. The van der Waals surface area contributed by atoms with Crippen LogP contribution < -0.4 is 11.1 Å². The molecule has 4 aromatic rings. The SMILES string of the molecule is N#Cc1n[nH]c2c3c(c(-c4c(F)cc(C(F)(F)F)cc4C(N)=O)cc12)C(c1cc(F)ccc1Cl)NC3=O.